The van der Waals surface area contributed by atoms with Gasteiger partial charge in [0.1, 0.15) is 17.6 Å². The largest absolute Gasteiger partial charge is 0.416 e. The number of ketones is 1. The average molecular weight is 398 g/mol. The summed E-state index contributed by atoms with van der Waals surface area (Å²) in [5.74, 6) is -1.43. The van der Waals surface area contributed by atoms with Crippen LogP contribution in [0.4, 0.5) is 19.0 Å². The molecular formula is C13H6Cl3F3N4O. The second-order valence-electron chi connectivity index (χ2n) is 4.48. The number of Topliss-reactive ketones (excluding diaryl/α,β-unsaturated/α-hetero) is 1. The minimum atomic E-state index is -4.65. The van der Waals surface area contributed by atoms with E-state index in [0.29, 0.717) is 12.1 Å². The van der Waals surface area contributed by atoms with Crippen molar-refractivity contribution in [2.45, 2.75) is 6.18 Å². The fourth-order valence-electron chi connectivity index (χ4n) is 1.95. The number of rotatable bonds is 3. The Morgan fingerprint density at radius 2 is 1.88 bits per heavy atom. The summed E-state index contributed by atoms with van der Waals surface area (Å²) >= 11 is 17.2. The van der Waals surface area contributed by atoms with Crippen LogP contribution in [0.5, 0.6) is 0 Å². The van der Waals surface area contributed by atoms with E-state index in [1.807, 2.05) is 0 Å². The Hall–Kier alpha value is -1.95. The first kappa shape index (κ1) is 18.4. The van der Waals surface area contributed by atoms with Gasteiger partial charge in [-0.05, 0) is 12.1 Å². The van der Waals surface area contributed by atoms with Gasteiger partial charge in [0, 0.05) is 0 Å². The second kappa shape index (κ2) is 6.51. The fraction of sp³-hybridized carbons (Fsp3) is 0.154. The highest BCUT2D eigenvalue weighted by atomic mass is 35.5. The van der Waals surface area contributed by atoms with Gasteiger partial charge in [-0.25, -0.2) is 4.68 Å². The molecule has 2 rings (SSSR count). The smallest absolute Gasteiger partial charge is 0.383 e. The van der Waals surface area contributed by atoms with Gasteiger partial charge in [-0.3, -0.25) is 4.79 Å². The van der Waals surface area contributed by atoms with Crippen LogP contribution in [0.1, 0.15) is 21.6 Å². The van der Waals surface area contributed by atoms with Gasteiger partial charge >= 0.3 is 6.18 Å². The lowest BCUT2D eigenvalue weighted by Crippen LogP contribution is -2.10. The summed E-state index contributed by atoms with van der Waals surface area (Å²) < 4.78 is 39.1. The summed E-state index contributed by atoms with van der Waals surface area (Å²) in [5, 5.41) is 12.0. The topological polar surface area (TPSA) is 84.7 Å². The molecule has 1 heterocycles. The Morgan fingerprint density at radius 3 is 2.29 bits per heavy atom. The summed E-state index contributed by atoms with van der Waals surface area (Å²) in [6.07, 6.45) is -4.65. The molecule has 0 aliphatic rings. The molecule has 0 aliphatic heterocycles. The number of nitrogens with two attached hydrogens (primary N) is 1. The molecule has 24 heavy (non-hydrogen) atoms. The van der Waals surface area contributed by atoms with Crippen LogP contribution in [0.3, 0.4) is 0 Å². The zero-order chi connectivity index (χ0) is 18.2. The number of hydrogen-bond donors (Lipinski definition) is 1. The summed E-state index contributed by atoms with van der Waals surface area (Å²) in [4.78, 5) is 11.8. The summed E-state index contributed by atoms with van der Waals surface area (Å²) in [6.45, 7) is 0. The fourth-order valence-corrected chi connectivity index (χ4v) is 2.73. The lowest BCUT2D eigenvalue weighted by Gasteiger charge is -2.13. The third kappa shape index (κ3) is 3.15. The predicted molar refractivity (Wildman–Crippen MR) is 82.8 cm³/mol. The van der Waals surface area contributed by atoms with E-state index in [1.54, 1.807) is 6.07 Å². The molecule has 0 amide bonds. The van der Waals surface area contributed by atoms with E-state index in [4.69, 9.17) is 45.8 Å². The highest BCUT2D eigenvalue weighted by molar-refractivity contribution is 6.38. The average Bonchev–Trinajstić information content (AvgIpc) is 2.81. The third-order valence-electron chi connectivity index (χ3n) is 2.98. The van der Waals surface area contributed by atoms with E-state index in [9.17, 15) is 18.0 Å². The Balaban J connectivity index is 2.73. The minimum absolute atomic E-state index is 0.186. The van der Waals surface area contributed by atoms with Crippen molar-refractivity contribution < 1.29 is 18.0 Å². The van der Waals surface area contributed by atoms with Crippen molar-refractivity contribution in [1.82, 2.24) is 9.78 Å². The molecule has 0 bridgehead atoms. The number of halogens is 6. The molecule has 0 spiro atoms. The second-order valence-corrected chi connectivity index (χ2v) is 5.56. The lowest BCUT2D eigenvalue weighted by atomic mass is 10.1. The van der Waals surface area contributed by atoms with Crippen molar-refractivity contribution in [3.8, 4) is 11.8 Å². The molecule has 0 fully saturated rings. The molecule has 1 aromatic carbocycles. The van der Waals surface area contributed by atoms with Crippen molar-refractivity contribution in [2.24, 2.45) is 0 Å². The first-order chi connectivity index (χ1) is 11.1. The molecular weight excluding hydrogens is 392 g/mol. The van der Waals surface area contributed by atoms with Crippen LogP contribution in [0, 0.1) is 11.3 Å². The van der Waals surface area contributed by atoms with E-state index in [-0.39, 0.29) is 22.8 Å². The van der Waals surface area contributed by atoms with E-state index in [1.165, 1.54) is 0 Å². The third-order valence-corrected chi connectivity index (χ3v) is 3.80. The van der Waals surface area contributed by atoms with E-state index in [2.05, 4.69) is 5.10 Å². The molecule has 5 nitrogen and oxygen atoms in total. The SMILES string of the molecule is N#Cc1nn(-c2c(Cl)cc(C(F)(F)F)cc2Cl)c(N)c1C(=O)CCl. The van der Waals surface area contributed by atoms with Crippen LogP contribution >= 0.6 is 34.8 Å². The van der Waals surface area contributed by atoms with Gasteiger partial charge in [0.15, 0.2) is 11.5 Å². The maximum atomic E-state index is 12.8. The van der Waals surface area contributed by atoms with E-state index < -0.39 is 33.4 Å². The molecule has 0 radical (unpaired) electrons. The molecule has 11 heteroatoms. The standard InChI is InChI=1S/C13H6Cl3F3N4O/c14-3-9(24)10-8(4-20)22-23(12(10)21)11-6(15)1-5(2-7(11)16)13(17,18)19/h1-2H,3,21H2. The van der Waals surface area contributed by atoms with Gasteiger partial charge in [-0.15, -0.1) is 11.6 Å². The van der Waals surface area contributed by atoms with Crippen LogP contribution in [0.2, 0.25) is 10.0 Å². The number of nitrogen functional groups attached to an aromatic ring is 1. The van der Waals surface area contributed by atoms with Crippen molar-refractivity contribution in [3.63, 3.8) is 0 Å². The van der Waals surface area contributed by atoms with E-state index >= 15 is 0 Å². The van der Waals surface area contributed by atoms with Crippen molar-refractivity contribution >= 4 is 46.4 Å². The summed E-state index contributed by atoms with van der Waals surface area (Å²) in [6, 6.07) is 2.93. The number of hydrogen-bond acceptors (Lipinski definition) is 4. The van der Waals surface area contributed by atoms with Crippen LogP contribution in [-0.2, 0) is 6.18 Å². The van der Waals surface area contributed by atoms with Crippen LogP contribution in [-0.4, -0.2) is 21.4 Å². The molecule has 126 valence electrons. The highest BCUT2D eigenvalue weighted by Crippen LogP contribution is 2.38. The quantitative estimate of drug-likeness (QED) is 0.625. The molecule has 0 unspecified atom stereocenters. The lowest BCUT2D eigenvalue weighted by molar-refractivity contribution is -0.137. The number of anilines is 1. The van der Waals surface area contributed by atoms with Gasteiger partial charge in [0.05, 0.1) is 27.1 Å². The maximum absolute atomic E-state index is 12.8. The van der Waals surface area contributed by atoms with Gasteiger partial charge < -0.3 is 5.73 Å². The Labute approximate surface area is 148 Å². The zero-order valence-corrected chi connectivity index (χ0v) is 13.7. The van der Waals surface area contributed by atoms with Crippen molar-refractivity contribution in [2.75, 3.05) is 11.6 Å². The molecule has 1 aromatic heterocycles. The zero-order valence-electron chi connectivity index (χ0n) is 11.5. The summed E-state index contributed by atoms with van der Waals surface area (Å²) in [5.41, 5.74) is 3.94. The number of nitriles is 1. The maximum Gasteiger partial charge on any atom is 0.416 e. The van der Waals surface area contributed by atoms with Gasteiger partial charge in [-0.1, -0.05) is 23.2 Å². The first-order valence-corrected chi connectivity index (χ1v) is 7.35. The molecule has 0 saturated carbocycles. The number of carbonyl (C=O) groups excluding carboxylic acids is 1. The number of aromatic nitrogens is 2. The Morgan fingerprint density at radius 1 is 1.33 bits per heavy atom. The monoisotopic (exact) mass is 396 g/mol. The number of carbonyl (C=O) groups is 1. The van der Waals surface area contributed by atoms with Crippen LogP contribution < -0.4 is 5.73 Å². The van der Waals surface area contributed by atoms with Crippen LogP contribution in [0.25, 0.3) is 5.69 Å². The molecule has 0 saturated heterocycles. The number of nitrogens with zero attached hydrogens (tertiary/aromatic N) is 3. The van der Waals surface area contributed by atoms with Gasteiger partial charge in [-0.2, -0.15) is 23.5 Å². The highest BCUT2D eigenvalue weighted by Gasteiger charge is 2.33. The molecule has 0 aliphatic carbocycles. The predicted octanol–water partition coefficient (Wildman–Crippen LogP) is 4.07. The number of benzene rings is 1. The van der Waals surface area contributed by atoms with Crippen molar-refractivity contribution in [1.29, 1.82) is 5.26 Å². The van der Waals surface area contributed by atoms with Gasteiger partial charge in [0.25, 0.3) is 0 Å². The van der Waals surface area contributed by atoms with Gasteiger partial charge in [0.2, 0.25) is 0 Å². The molecule has 0 atom stereocenters. The van der Waals surface area contributed by atoms with Crippen molar-refractivity contribution in [3.05, 3.63) is 39.0 Å². The Bertz CT molecular complexity index is 848. The normalized spacial score (nSPS) is 11.4. The number of alkyl halides is 4. The van der Waals surface area contributed by atoms with E-state index in [0.717, 1.165) is 4.68 Å². The first-order valence-electron chi connectivity index (χ1n) is 6.06. The Kier molecular flexibility index (Phi) is 4.99. The molecule has 2 aromatic rings. The summed E-state index contributed by atoms with van der Waals surface area (Å²) in [7, 11) is 0. The minimum Gasteiger partial charge on any atom is -0.383 e. The van der Waals surface area contributed by atoms with Crippen LogP contribution in [0.15, 0.2) is 12.1 Å². The molecule has 2 N–H and O–H groups in total.